The van der Waals surface area contributed by atoms with Crippen molar-refractivity contribution in [2.24, 2.45) is 11.5 Å². The first-order valence-electron chi connectivity index (χ1n) is 5.65. The fourth-order valence-electron chi connectivity index (χ4n) is 1.53. The van der Waals surface area contributed by atoms with E-state index in [0.717, 1.165) is 0 Å². The van der Waals surface area contributed by atoms with E-state index in [9.17, 15) is 19.2 Å². The van der Waals surface area contributed by atoms with Crippen LogP contribution in [0.25, 0.3) is 0 Å². The van der Waals surface area contributed by atoms with Gasteiger partial charge in [0, 0.05) is 13.1 Å². The zero-order valence-corrected chi connectivity index (χ0v) is 10.8. The van der Waals surface area contributed by atoms with Crippen LogP contribution in [0.3, 0.4) is 0 Å². The summed E-state index contributed by atoms with van der Waals surface area (Å²) in [6.07, 6.45) is 0. The molecule has 0 saturated heterocycles. The van der Waals surface area contributed by atoms with Gasteiger partial charge in [0.15, 0.2) is 0 Å². The molecule has 0 aliphatic carbocycles. The average molecular weight is 290 g/mol. The van der Waals surface area contributed by atoms with Crippen molar-refractivity contribution in [1.82, 2.24) is 9.80 Å². The Labute approximate surface area is 114 Å². The molecule has 0 spiro atoms. The second kappa shape index (κ2) is 8.82. The summed E-state index contributed by atoms with van der Waals surface area (Å²) in [5.41, 5.74) is 9.96. The number of carbonyl (C=O) groups excluding carboxylic acids is 2. The highest BCUT2D eigenvalue weighted by molar-refractivity contribution is 5.77. The number of nitrogens with two attached hydrogens (primary N) is 2. The van der Waals surface area contributed by atoms with Crippen molar-refractivity contribution in [3.05, 3.63) is 0 Å². The first kappa shape index (κ1) is 17.8. The van der Waals surface area contributed by atoms with Crippen molar-refractivity contribution in [3.63, 3.8) is 0 Å². The number of primary amides is 2. The molecule has 10 nitrogen and oxygen atoms in total. The van der Waals surface area contributed by atoms with Gasteiger partial charge in [-0.1, -0.05) is 0 Å². The molecule has 0 unspecified atom stereocenters. The number of nitrogens with zero attached hydrogens (tertiary/aromatic N) is 2. The molecule has 10 heteroatoms. The van der Waals surface area contributed by atoms with Gasteiger partial charge < -0.3 is 21.7 Å². The van der Waals surface area contributed by atoms with E-state index in [4.69, 9.17) is 21.7 Å². The molecule has 0 fully saturated rings. The molecule has 0 aromatic carbocycles. The van der Waals surface area contributed by atoms with Crippen LogP contribution >= 0.6 is 0 Å². The van der Waals surface area contributed by atoms with Crippen molar-refractivity contribution in [1.29, 1.82) is 0 Å². The number of carboxylic acid groups (broad SMARTS) is 2. The zero-order valence-electron chi connectivity index (χ0n) is 10.8. The number of hydrogen-bond donors (Lipinski definition) is 4. The number of carboxylic acids is 2. The van der Waals surface area contributed by atoms with Crippen LogP contribution in [-0.4, -0.2) is 83.0 Å². The van der Waals surface area contributed by atoms with Gasteiger partial charge in [-0.25, -0.2) is 0 Å². The van der Waals surface area contributed by atoms with E-state index in [1.807, 2.05) is 0 Å². The fourth-order valence-corrected chi connectivity index (χ4v) is 1.53. The highest BCUT2D eigenvalue weighted by atomic mass is 16.4. The maximum Gasteiger partial charge on any atom is 0.317 e. The largest absolute Gasteiger partial charge is 0.480 e. The molecule has 20 heavy (non-hydrogen) atoms. The lowest BCUT2D eigenvalue weighted by molar-refractivity contribution is -0.141. The second-order valence-corrected chi connectivity index (χ2v) is 4.14. The minimum absolute atomic E-state index is 0.0653. The lowest BCUT2D eigenvalue weighted by Gasteiger charge is -2.23. The van der Waals surface area contributed by atoms with Crippen LogP contribution in [-0.2, 0) is 19.2 Å². The van der Waals surface area contributed by atoms with Crippen molar-refractivity contribution >= 4 is 23.8 Å². The predicted molar refractivity (Wildman–Crippen MR) is 66.5 cm³/mol. The third-order valence-corrected chi connectivity index (χ3v) is 2.21. The van der Waals surface area contributed by atoms with Crippen LogP contribution < -0.4 is 11.5 Å². The molecule has 0 heterocycles. The van der Waals surface area contributed by atoms with Crippen LogP contribution in [0.5, 0.6) is 0 Å². The number of hydrogen-bond acceptors (Lipinski definition) is 6. The quantitative estimate of drug-likeness (QED) is 0.307. The van der Waals surface area contributed by atoms with Gasteiger partial charge in [0.2, 0.25) is 11.8 Å². The topological polar surface area (TPSA) is 167 Å². The standard InChI is InChI=1S/C10H18N4O6/c11-7(15)3-13(5-9(17)18)1-2-14(4-8(12)16)6-10(19)20/h1-6H2,(H2,11,15)(H2,12,16)(H,17,18)(H,19,20). The monoisotopic (exact) mass is 290 g/mol. The van der Waals surface area contributed by atoms with Gasteiger partial charge >= 0.3 is 11.9 Å². The maximum absolute atomic E-state index is 10.8. The molecule has 0 aromatic heterocycles. The summed E-state index contributed by atoms with van der Waals surface area (Å²) in [4.78, 5) is 45.3. The maximum atomic E-state index is 10.8. The number of aliphatic carboxylic acids is 2. The Bertz CT molecular complexity index is 318. The summed E-state index contributed by atoms with van der Waals surface area (Å²) in [6.45, 7) is -1.25. The van der Waals surface area contributed by atoms with Crippen molar-refractivity contribution in [3.8, 4) is 0 Å². The molecule has 0 rings (SSSR count). The Hall–Kier alpha value is -2.20. The van der Waals surface area contributed by atoms with E-state index in [1.165, 1.54) is 9.80 Å². The summed E-state index contributed by atoms with van der Waals surface area (Å²) in [7, 11) is 0. The highest BCUT2D eigenvalue weighted by Gasteiger charge is 2.16. The van der Waals surface area contributed by atoms with Gasteiger partial charge in [0.25, 0.3) is 0 Å². The number of carbonyl (C=O) groups is 4. The first-order valence-corrected chi connectivity index (χ1v) is 5.65. The average Bonchev–Trinajstić information content (AvgIpc) is 2.22. The second-order valence-electron chi connectivity index (χ2n) is 4.14. The summed E-state index contributed by atoms with van der Waals surface area (Å²) in [6, 6.07) is 0. The van der Waals surface area contributed by atoms with Gasteiger partial charge in [0.05, 0.1) is 26.2 Å². The minimum atomic E-state index is -1.15. The van der Waals surface area contributed by atoms with E-state index in [1.54, 1.807) is 0 Å². The predicted octanol–water partition coefficient (Wildman–Crippen LogP) is -3.27. The Kier molecular flexibility index (Phi) is 7.85. The fraction of sp³-hybridized carbons (Fsp3) is 0.600. The molecule has 6 N–H and O–H groups in total. The molecular formula is C10H18N4O6. The van der Waals surface area contributed by atoms with Crippen molar-refractivity contribution in [2.75, 3.05) is 39.3 Å². The van der Waals surface area contributed by atoms with Crippen molar-refractivity contribution in [2.45, 2.75) is 0 Å². The normalized spacial score (nSPS) is 10.7. The lowest BCUT2D eigenvalue weighted by atomic mass is 10.3. The van der Waals surface area contributed by atoms with E-state index < -0.39 is 36.8 Å². The third kappa shape index (κ3) is 9.79. The molecule has 0 saturated carbocycles. The lowest BCUT2D eigenvalue weighted by Crippen LogP contribution is -2.45. The van der Waals surface area contributed by atoms with Gasteiger partial charge in [-0.3, -0.25) is 29.0 Å². The Morgan fingerprint density at radius 3 is 1.20 bits per heavy atom. The van der Waals surface area contributed by atoms with Crippen LogP contribution in [0.15, 0.2) is 0 Å². The molecule has 0 aliphatic heterocycles. The summed E-state index contributed by atoms with van der Waals surface area (Å²) in [5.74, 6) is -3.70. The van der Waals surface area contributed by atoms with Gasteiger partial charge in [-0.05, 0) is 0 Å². The minimum Gasteiger partial charge on any atom is -0.480 e. The van der Waals surface area contributed by atoms with Crippen LogP contribution in [0.4, 0.5) is 0 Å². The van der Waals surface area contributed by atoms with E-state index in [2.05, 4.69) is 0 Å². The third-order valence-electron chi connectivity index (χ3n) is 2.21. The van der Waals surface area contributed by atoms with Gasteiger partial charge in [-0.15, -0.1) is 0 Å². The SMILES string of the molecule is NC(=O)CN(CCN(CC(N)=O)CC(=O)O)CC(=O)O. The van der Waals surface area contributed by atoms with E-state index in [0.29, 0.717) is 0 Å². The molecule has 114 valence electrons. The van der Waals surface area contributed by atoms with Gasteiger partial charge in [0.1, 0.15) is 0 Å². The van der Waals surface area contributed by atoms with Crippen molar-refractivity contribution < 1.29 is 29.4 Å². The summed E-state index contributed by atoms with van der Waals surface area (Å²) >= 11 is 0. The number of rotatable bonds is 11. The van der Waals surface area contributed by atoms with Gasteiger partial charge in [-0.2, -0.15) is 0 Å². The Balaban J connectivity index is 4.49. The van der Waals surface area contributed by atoms with Crippen LogP contribution in [0.1, 0.15) is 0 Å². The van der Waals surface area contributed by atoms with E-state index >= 15 is 0 Å². The molecular weight excluding hydrogens is 272 g/mol. The Morgan fingerprint density at radius 1 is 0.700 bits per heavy atom. The number of amides is 2. The molecule has 0 radical (unpaired) electrons. The molecule has 2 amide bonds. The summed E-state index contributed by atoms with van der Waals surface area (Å²) in [5, 5.41) is 17.4. The molecule has 0 atom stereocenters. The molecule has 0 bridgehead atoms. The Morgan fingerprint density at radius 2 is 1.00 bits per heavy atom. The molecule has 0 aromatic rings. The first-order chi connectivity index (χ1) is 9.20. The molecule has 0 aliphatic rings. The zero-order chi connectivity index (χ0) is 15.7. The smallest absolute Gasteiger partial charge is 0.317 e. The van der Waals surface area contributed by atoms with Crippen LogP contribution in [0.2, 0.25) is 0 Å². The summed E-state index contributed by atoms with van der Waals surface area (Å²) < 4.78 is 0. The van der Waals surface area contributed by atoms with Crippen LogP contribution in [0, 0.1) is 0 Å². The van der Waals surface area contributed by atoms with E-state index in [-0.39, 0.29) is 26.2 Å². The highest BCUT2D eigenvalue weighted by Crippen LogP contribution is 1.93.